The molecule has 0 amide bonds. The summed E-state index contributed by atoms with van der Waals surface area (Å²) in [7, 11) is 4.15. The second-order valence-electron chi connectivity index (χ2n) is 5.80. The van der Waals surface area contributed by atoms with Crippen LogP contribution in [0.5, 0.6) is 0 Å². The summed E-state index contributed by atoms with van der Waals surface area (Å²) in [5.74, 6) is 0. The highest BCUT2D eigenvalue weighted by molar-refractivity contribution is 6.28. The van der Waals surface area contributed by atoms with Crippen LogP contribution in [0.4, 0.5) is 0 Å². The fourth-order valence-corrected chi connectivity index (χ4v) is 2.57. The van der Waals surface area contributed by atoms with E-state index in [1.165, 1.54) is 25.9 Å². The van der Waals surface area contributed by atoms with Crippen LogP contribution in [0.25, 0.3) is 0 Å². The van der Waals surface area contributed by atoms with E-state index in [2.05, 4.69) is 29.2 Å². The molecule has 0 bridgehead atoms. The van der Waals surface area contributed by atoms with Crippen molar-refractivity contribution in [2.75, 3.05) is 26.7 Å². The standard InChI is InChI=1S/C13H23ClN4/c1-13(4-6-17(2)7-5-13)10-15-8-11-9-16-12(14)18(11)3/h9,15H,4-8,10H2,1-3H3. The summed E-state index contributed by atoms with van der Waals surface area (Å²) in [6.07, 6.45) is 4.37. The van der Waals surface area contributed by atoms with Gasteiger partial charge in [-0.15, -0.1) is 0 Å². The summed E-state index contributed by atoms with van der Waals surface area (Å²) in [6, 6.07) is 0. The smallest absolute Gasteiger partial charge is 0.202 e. The highest BCUT2D eigenvalue weighted by Gasteiger charge is 2.28. The first-order chi connectivity index (χ1) is 8.50. The van der Waals surface area contributed by atoms with Gasteiger partial charge in [0.05, 0.1) is 11.9 Å². The first-order valence-electron chi connectivity index (χ1n) is 6.55. The van der Waals surface area contributed by atoms with Crippen LogP contribution in [-0.4, -0.2) is 41.1 Å². The van der Waals surface area contributed by atoms with Crippen LogP contribution in [0.3, 0.4) is 0 Å². The Kier molecular flexibility index (Phi) is 4.30. The van der Waals surface area contributed by atoms with Gasteiger partial charge >= 0.3 is 0 Å². The monoisotopic (exact) mass is 270 g/mol. The Hall–Kier alpha value is -0.580. The number of likely N-dealkylation sites (tertiary alicyclic amines) is 1. The average Bonchev–Trinajstić information content (AvgIpc) is 2.65. The molecule has 18 heavy (non-hydrogen) atoms. The number of rotatable bonds is 4. The molecule has 0 spiro atoms. The summed E-state index contributed by atoms with van der Waals surface area (Å²) < 4.78 is 1.92. The van der Waals surface area contributed by atoms with Crippen molar-refractivity contribution in [3.05, 3.63) is 17.2 Å². The normalized spacial score (nSPS) is 20.2. The maximum absolute atomic E-state index is 5.92. The van der Waals surface area contributed by atoms with E-state index >= 15 is 0 Å². The second-order valence-corrected chi connectivity index (χ2v) is 6.13. The number of hydrogen-bond acceptors (Lipinski definition) is 3. The zero-order valence-electron chi connectivity index (χ0n) is 11.5. The Balaban J connectivity index is 1.80. The Bertz CT molecular complexity index is 394. The van der Waals surface area contributed by atoms with E-state index in [0.29, 0.717) is 10.7 Å². The van der Waals surface area contributed by atoms with Crippen molar-refractivity contribution in [3.8, 4) is 0 Å². The van der Waals surface area contributed by atoms with E-state index in [1.54, 1.807) is 0 Å². The second kappa shape index (κ2) is 5.59. The van der Waals surface area contributed by atoms with Gasteiger partial charge in [0.2, 0.25) is 5.28 Å². The molecule has 0 aromatic carbocycles. The van der Waals surface area contributed by atoms with Crippen LogP contribution in [0.15, 0.2) is 6.20 Å². The summed E-state index contributed by atoms with van der Waals surface area (Å²) in [6.45, 7) is 6.68. The Morgan fingerprint density at radius 2 is 2.06 bits per heavy atom. The molecule has 1 N–H and O–H groups in total. The van der Waals surface area contributed by atoms with Gasteiger partial charge in [-0.1, -0.05) is 6.92 Å². The molecule has 102 valence electrons. The maximum Gasteiger partial charge on any atom is 0.202 e. The topological polar surface area (TPSA) is 33.1 Å². The summed E-state index contributed by atoms with van der Waals surface area (Å²) in [5.41, 5.74) is 1.56. The van der Waals surface area contributed by atoms with Gasteiger partial charge in [-0.3, -0.25) is 0 Å². The molecule has 0 radical (unpaired) electrons. The number of piperidine rings is 1. The molecule has 0 aliphatic carbocycles. The number of halogens is 1. The molecule has 2 rings (SSSR count). The molecule has 0 atom stereocenters. The third-order valence-electron chi connectivity index (χ3n) is 4.08. The lowest BCUT2D eigenvalue weighted by molar-refractivity contribution is 0.136. The van der Waals surface area contributed by atoms with Crippen molar-refractivity contribution in [1.29, 1.82) is 0 Å². The Labute approximate surface area is 114 Å². The molecule has 5 heteroatoms. The van der Waals surface area contributed by atoms with Crippen LogP contribution in [-0.2, 0) is 13.6 Å². The van der Waals surface area contributed by atoms with Crippen LogP contribution in [0.2, 0.25) is 5.28 Å². The molecule has 0 saturated carbocycles. The van der Waals surface area contributed by atoms with Gasteiger partial charge in [-0.05, 0) is 50.0 Å². The van der Waals surface area contributed by atoms with Gasteiger partial charge in [0.25, 0.3) is 0 Å². The maximum atomic E-state index is 5.92. The van der Waals surface area contributed by atoms with E-state index in [-0.39, 0.29) is 0 Å². The molecule has 0 unspecified atom stereocenters. The fraction of sp³-hybridized carbons (Fsp3) is 0.769. The van der Waals surface area contributed by atoms with Crippen molar-refractivity contribution >= 4 is 11.6 Å². The highest BCUT2D eigenvalue weighted by atomic mass is 35.5. The summed E-state index contributed by atoms with van der Waals surface area (Å²) in [4.78, 5) is 6.50. The Morgan fingerprint density at radius 1 is 1.39 bits per heavy atom. The number of imidazole rings is 1. The number of aromatic nitrogens is 2. The third-order valence-corrected chi connectivity index (χ3v) is 4.43. The lowest BCUT2D eigenvalue weighted by Gasteiger charge is -2.38. The van der Waals surface area contributed by atoms with Crippen LogP contribution in [0, 0.1) is 5.41 Å². The minimum atomic E-state index is 0.425. The molecule has 1 aliphatic heterocycles. The van der Waals surface area contributed by atoms with Crippen LogP contribution >= 0.6 is 11.6 Å². The van der Waals surface area contributed by atoms with Gasteiger partial charge in [-0.25, -0.2) is 4.98 Å². The molecular weight excluding hydrogens is 248 g/mol. The molecule has 1 fully saturated rings. The molecule has 4 nitrogen and oxygen atoms in total. The predicted octanol–water partition coefficient (Wildman–Crippen LogP) is 1.89. The van der Waals surface area contributed by atoms with Crippen LogP contribution < -0.4 is 5.32 Å². The van der Waals surface area contributed by atoms with Gasteiger partial charge in [-0.2, -0.15) is 0 Å². The van der Waals surface area contributed by atoms with Crippen molar-refractivity contribution in [2.24, 2.45) is 12.5 Å². The van der Waals surface area contributed by atoms with E-state index in [0.717, 1.165) is 18.8 Å². The minimum Gasteiger partial charge on any atom is -0.321 e. The number of nitrogens with one attached hydrogen (secondary N) is 1. The number of hydrogen-bond donors (Lipinski definition) is 1. The molecule has 1 saturated heterocycles. The van der Waals surface area contributed by atoms with Gasteiger partial charge in [0.1, 0.15) is 0 Å². The highest BCUT2D eigenvalue weighted by Crippen LogP contribution is 2.29. The molecular formula is C13H23ClN4. The van der Waals surface area contributed by atoms with Gasteiger partial charge in [0.15, 0.2) is 0 Å². The Morgan fingerprint density at radius 3 is 2.61 bits per heavy atom. The zero-order chi connectivity index (χ0) is 13.2. The van der Waals surface area contributed by atoms with Crippen molar-refractivity contribution in [2.45, 2.75) is 26.3 Å². The lowest BCUT2D eigenvalue weighted by Crippen LogP contribution is -2.42. The molecule has 2 heterocycles. The fourth-order valence-electron chi connectivity index (χ4n) is 2.41. The third kappa shape index (κ3) is 3.25. The lowest BCUT2D eigenvalue weighted by atomic mass is 9.80. The van der Waals surface area contributed by atoms with Crippen LogP contribution in [0.1, 0.15) is 25.5 Å². The molecule has 1 aromatic rings. The molecule has 1 aromatic heterocycles. The van der Waals surface area contributed by atoms with E-state index < -0.39 is 0 Å². The van der Waals surface area contributed by atoms with E-state index in [9.17, 15) is 0 Å². The zero-order valence-corrected chi connectivity index (χ0v) is 12.3. The van der Waals surface area contributed by atoms with E-state index in [4.69, 9.17) is 11.6 Å². The van der Waals surface area contributed by atoms with Gasteiger partial charge in [0, 0.05) is 20.1 Å². The first kappa shape index (κ1) is 13.8. The van der Waals surface area contributed by atoms with Gasteiger partial charge < -0.3 is 14.8 Å². The summed E-state index contributed by atoms with van der Waals surface area (Å²) in [5, 5.41) is 4.10. The van der Waals surface area contributed by atoms with Crippen molar-refractivity contribution < 1.29 is 0 Å². The largest absolute Gasteiger partial charge is 0.321 e. The first-order valence-corrected chi connectivity index (χ1v) is 6.93. The molecule has 1 aliphatic rings. The number of nitrogens with zero attached hydrogens (tertiary/aromatic N) is 3. The predicted molar refractivity (Wildman–Crippen MR) is 74.8 cm³/mol. The summed E-state index contributed by atoms with van der Waals surface area (Å²) >= 11 is 5.92. The quantitative estimate of drug-likeness (QED) is 0.907. The van der Waals surface area contributed by atoms with E-state index in [1.807, 2.05) is 17.8 Å². The minimum absolute atomic E-state index is 0.425. The van der Waals surface area contributed by atoms with Crippen molar-refractivity contribution in [3.63, 3.8) is 0 Å². The SMILES string of the molecule is CN1CCC(C)(CNCc2cnc(Cl)n2C)CC1. The average molecular weight is 271 g/mol. The van der Waals surface area contributed by atoms with Crippen molar-refractivity contribution in [1.82, 2.24) is 19.8 Å².